The third-order valence-corrected chi connectivity index (χ3v) is 5.68. The molecule has 1 amide bonds. The molecule has 0 spiro atoms. The first kappa shape index (κ1) is 22.1. The van der Waals surface area contributed by atoms with Crippen LogP contribution in [0.25, 0.3) is 0 Å². The topological polar surface area (TPSA) is 64.4 Å². The normalized spacial score (nSPS) is 18.9. The number of carbonyl (C=O) groups is 1. The Morgan fingerprint density at radius 1 is 1.27 bits per heavy atom. The maximum absolute atomic E-state index is 13.2. The van der Waals surface area contributed by atoms with Crippen LogP contribution in [0.15, 0.2) is 41.5 Å². The molecule has 8 heteroatoms. The zero-order chi connectivity index (χ0) is 21.5. The third-order valence-electron chi connectivity index (χ3n) is 5.33. The van der Waals surface area contributed by atoms with E-state index in [-0.39, 0.29) is 17.6 Å². The Kier molecular flexibility index (Phi) is 7.65. The van der Waals surface area contributed by atoms with Crippen molar-refractivity contribution in [3.63, 3.8) is 0 Å². The lowest BCUT2D eigenvalue weighted by molar-refractivity contribution is -0.919. The number of hydrogen-bond acceptors (Lipinski definition) is 4. The average molecular weight is 435 g/mol. The maximum Gasteiger partial charge on any atom is 0.243 e. The zero-order valence-corrected chi connectivity index (χ0v) is 17.8. The van der Waals surface area contributed by atoms with Crippen LogP contribution in [0, 0.1) is 11.7 Å². The Morgan fingerprint density at radius 2 is 2.03 bits per heavy atom. The summed E-state index contributed by atoms with van der Waals surface area (Å²) < 4.78 is 23.8. The number of quaternary nitrogens is 1. The Morgan fingerprint density at radius 3 is 2.70 bits per heavy atom. The van der Waals surface area contributed by atoms with Crippen LogP contribution in [-0.2, 0) is 11.3 Å². The number of ether oxygens (including phenoxy) is 2. The largest absolute Gasteiger partial charge is 0.493 e. The molecule has 1 saturated heterocycles. The standard InChI is InChI=1S/C22H25ClFN3O3/c1-29-20-5-3-4-16(21(20)30-2)13-25-26-22(28)15-8-10-27(11-9-15)14-17-6-7-18(24)12-19(17)23/h3-7,12-13,15H,8-11,14H2,1-2H3,(H,26,28)/p+1/b25-13-. The summed E-state index contributed by atoms with van der Waals surface area (Å²) in [6.07, 6.45) is 3.08. The monoisotopic (exact) mass is 434 g/mol. The van der Waals surface area contributed by atoms with Crippen molar-refractivity contribution in [2.45, 2.75) is 19.4 Å². The Labute approximate surface area is 180 Å². The molecule has 2 aromatic carbocycles. The molecule has 0 saturated carbocycles. The second kappa shape index (κ2) is 10.4. The fourth-order valence-corrected chi connectivity index (χ4v) is 3.90. The summed E-state index contributed by atoms with van der Waals surface area (Å²) in [6.45, 7) is 2.42. The van der Waals surface area contributed by atoms with E-state index in [1.54, 1.807) is 32.6 Å². The van der Waals surface area contributed by atoms with E-state index in [1.165, 1.54) is 17.0 Å². The summed E-state index contributed by atoms with van der Waals surface area (Å²) in [4.78, 5) is 13.8. The van der Waals surface area contributed by atoms with Crippen molar-refractivity contribution in [2.24, 2.45) is 11.0 Å². The fourth-order valence-electron chi connectivity index (χ4n) is 3.67. The summed E-state index contributed by atoms with van der Waals surface area (Å²) in [6, 6.07) is 9.95. The van der Waals surface area contributed by atoms with E-state index in [4.69, 9.17) is 21.1 Å². The molecule has 0 bridgehead atoms. The molecule has 0 radical (unpaired) electrons. The highest BCUT2D eigenvalue weighted by Crippen LogP contribution is 2.29. The number of likely N-dealkylation sites (tertiary alicyclic amines) is 1. The van der Waals surface area contributed by atoms with Gasteiger partial charge in [0.2, 0.25) is 5.91 Å². The number of para-hydroxylation sites is 1. The highest BCUT2D eigenvalue weighted by Gasteiger charge is 2.27. The van der Waals surface area contributed by atoms with Gasteiger partial charge in [0.05, 0.1) is 44.5 Å². The highest BCUT2D eigenvalue weighted by atomic mass is 35.5. The van der Waals surface area contributed by atoms with Gasteiger partial charge in [-0.15, -0.1) is 0 Å². The van der Waals surface area contributed by atoms with E-state index in [0.717, 1.165) is 38.0 Å². The van der Waals surface area contributed by atoms with E-state index in [9.17, 15) is 9.18 Å². The molecule has 2 N–H and O–H groups in total. The summed E-state index contributed by atoms with van der Waals surface area (Å²) in [5, 5.41) is 4.54. The van der Waals surface area contributed by atoms with E-state index in [0.29, 0.717) is 22.1 Å². The second-order valence-electron chi connectivity index (χ2n) is 7.25. The van der Waals surface area contributed by atoms with Crippen LogP contribution in [-0.4, -0.2) is 39.4 Å². The van der Waals surface area contributed by atoms with Crippen LogP contribution in [0.4, 0.5) is 4.39 Å². The zero-order valence-electron chi connectivity index (χ0n) is 17.1. The number of carbonyl (C=O) groups excluding carboxylic acids is 1. The Bertz CT molecular complexity index is 914. The highest BCUT2D eigenvalue weighted by molar-refractivity contribution is 6.31. The number of hydrogen-bond donors (Lipinski definition) is 2. The second-order valence-corrected chi connectivity index (χ2v) is 7.66. The number of piperidine rings is 1. The van der Waals surface area contributed by atoms with Crippen LogP contribution in [0.1, 0.15) is 24.0 Å². The minimum atomic E-state index is -0.332. The molecule has 3 rings (SSSR count). The Balaban J connectivity index is 1.50. The van der Waals surface area contributed by atoms with Crippen LogP contribution < -0.4 is 19.8 Å². The van der Waals surface area contributed by atoms with Gasteiger partial charge in [0.1, 0.15) is 12.4 Å². The van der Waals surface area contributed by atoms with Crippen molar-refractivity contribution in [2.75, 3.05) is 27.3 Å². The molecule has 30 heavy (non-hydrogen) atoms. The number of halogens is 2. The van der Waals surface area contributed by atoms with Gasteiger partial charge in [0, 0.05) is 24.0 Å². The minimum absolute atomic E-state index is 0.0817. The molecule has 0 atom stereocenters. The molecule has 1 fully saturated rings. The van der Waals surface area contributed by atoms with E-state index >= 15 is 0 Å². The average Bonchev–Trinajstić information content (AvgIpc) is 2.75. The van der Waals surface area contributed by atoms with Gasteiger partial charge in [-0.25, -0.2) is 9.82 Å². The quantitative estimate of drug-likeness (QED) is 0.519. The molecule has 1 heterocycles. The molecular weight excluding hydrogens is 409 g/mol. The first-order valence-electron chi connectivity index (χ1n) is 9.83. The lowest BCUT2D eigenvalue weighted by atomic mass is 9.96. The molecule has 2 aromatic rings. The van der Waals surface area contributed by atoms with E-state index < -0.39 is 0 Å². The number of nitrogens with zero attached hydrogens (tertiary/aromatic N) is 1. The van der Waals surface area contributed by atoms with Gasteiger partial charge in [-0.3, -0.25) is 4.79 Å². The lowest BCUT2D eigenvalue weighted by Gasteiger charge is -2.28. The summed E-state index contributed by atoms with van der Waals surface area (Å²) >= 11 is 6.13. The van der Waals surface area contributed by atoms with Crippen molar-refractivity contribution in [3.8, 4) is 11.5 Å². The van der Waals surface area contributed by atoms with Gasteiger partial charge in [0.15, 0.2) is 11.5 Å². The smallest absolute Gasteiger partial charge is 0.243 e. The number of benzene rings is 2. The van der Waals surface area contributed by atoms with Gasteiger partial charge in [0.25, 0.3) is 0 Å². The lowest BCUT2D eigenvalue weighted by Crippen LogP contribution is -3.11. The molecule has 1 aliphatic rings. The van der Waals surface area contributed by atoms with Crippen LogP contribution in [0.2, 0.25) is 5.02 Å². The van der Waals surface area contributed by atoms with Crippen molar-refractivity contribution >= 4 is 23.7 Å². The summed E-state index contributed by atoms with van der Waals surface area (Å²) in [5.74, 6) is 0.661. The predicted octanol–water partition coefficient (Wildman–Crippen LogP) is 2.44. The summed E-state index contributed by atoms with van der Waals surface area (Å²) in [5.41, 5.74) is 4.27. The van der Waals surface area contributed by atoms with Crippen molar-refractivity contribution < 1.29 is 23.6 Å². The first-order valence-corrected chi connectivity index (χ1v) is 10.2. The Hall–Kier alpha value is -2.64. The molecule has 0 aromatic heterocycles. The van der Waals surface area contributed by atoms with Gasteiger partial charge in [-0.2, -0.15) is 5.10 Å². The molecule has 0 unspecified atom stereocenters. The van der Waals surface area contributed by atoms with E-state index in [1.807, 2.05) is 12.1 Å². The maximum atomic E-state index is 13.2. The van der Waals surface area contributed by atoms with Gasteiger partial charge >= 0.3 is 0 Å². The number of rotatable bonds is 7. The molecule has 160 valence electrons. The van der Waals surface area contributed by atoms with Gasteiger partial charge < -0.3 is 14.4 Å². The van der Waals surface area contributed by atoms with Gasteiger partial charge in [-0.1, -0.05) is 17.7 Å². The number of hydrazone groups is 1. The third kappa shape index (κ3) is 5.49. The number of nitrogens with one attached hydrogen (secondary N) is 2. The number of amides is 1. The molecule has 1 aliphatic heterocycles. The fraction of sp³-hybridized carbons (Fsp3) is 0.364. The van der Waals surface area contributed by atoms with Crippen LogP contribution in [0.3, 0.4) is 0 Å². The summed E-state index contributed by atoms with van der Waals surface area (Å²) in [7, 11) is 3.13. The molecule has 6 nitrogen and oxygen atoms in total. The van der Waals surface area contributed by atoms with Crippen LogP contribution in [0.5, 0.6) is 11.5 Å². The molecular formula is C22H26ClFN3O3+. The van der Waals surface area contributed by atoms with Crippen LogP contribution >= 0.6 is 11.6 Å². The van der Waals surface area contributed by atoms with Crippen molar-refractivity contribution in [1.82, 2.24) is 5.43 Å². The van der Waals surface area contributed by atoms with Crippen molar-refractivity contribution in [1.29, 1.82) is 0 Å². The molecule has 0 aliphatic carbocycles. The minimum Gasteiger partial charge on any atom is -0.493 e. The number of methoxy groups -OCH3 is 2. The first-order chi connectivity index (χ1) is 14.5. The van der Waals surface area contributed by atoms with E-state index in [2.05, 4.69) is 10.5 Å². The predicted molar refractivity (Wildman–Crippen MR) is 114 cm³/mol. The van der Waals surface area contributed by atoms with Gasteiger partial charge in [-0.05, 0) is 30.3 Å². The van der Waals surface area contributed by atoms with Crippen molar-refractivity contribution in [3.05, 3.63) is 58.4 Å². The SMILES string of the molecule is COc1cccc(/C=N\NC(=O)C2CC[NH+](Cc3ccc(F)cc3Cl)CC2)c1OC.